The standard InChI is InChI=1S/C18H17F2N5OS/c1-11(2)12-3-6-14(7-4-12)25-18(22-23-24-25)27-10-17(26)21-13-5-8-15(19)16(20)9-13/h3-9,11H,10H2,1-2H3,(H,21,26). The van der Waals surface area contributed by atoms with Crippen molar-refractivity contribution in [3.8, 4) is 5.69 Å². The Labute approximate surface area is 159 Å². The highest BCUT2D eigenvalue weighted by Crippen LogP contribution is 2.21. The first kappa shape index (κ1) is 19.0. The Balaban J connectivity index is 1.64. The first-order chi connectivity index (χ1) is 12.9. The number of nitrogens with zero attached hydrogens (tertiary/aromatic N) is 4. The van der Waals surface area contributed by atoms with Gasteiger partial charge in [0.15, 0.2) is 11.6 Å². The molecule has 1 heterocycles. The summed E-state index contributed by atoms with van der Waals surface area (Å²) in [5, 5.41) is 14.5. The number of hydrogen-bond donors (Lipinski definition) is 1. The normalized spacial score (nSPS) is 11.0. The molecule has 3 rings (SSSR count). The molecule has 0 saturated carbocycles. The fourth-order valence-corrected chi connectivity index (χ4v) is 3.02. The number of nitrogens with one attached hydrogen (secondary N) is 1. The molecule has 9 heteroatoms. The van der Waals surface area contributed by atoms with E-state index in [9.17, 15) is 13.6 Å². The van der Waals surface area contributed by atoms with E-state index in [1.807, 2.05) is 24.3 Å². The summed E-state index contributed by atoms with van der Waals surface area (Å²) < 4.78 is 27.7. The van der Waals surface area contributed by atoms with Crippen molar-refractivity contribution in [2.75, 3.05) is 11.1 Å². The molecule has 27 heavy (non-hydrogen) atoms. The average Bonchev–Trinajstić information content (AvgIpc) is 3.12. The molecular formula is C18H17F2N5OS. The second kappa shape index (κ2) is 8.26. The maximum absolute atomic E-state index is 13.2. The van der Waals surface area contributed by atoms with Crippen molar-refractivity contribution >= 4 is 23.4 Å². The second-order valence-electron chi connectivity index (χ2n) is 6.09. The van der Waals surface area contributed by atoms with E-state index in [4.69, 9.17) is 0 Å². The van der Waals surface area contributed by atoms with Gasteiger partial charge in [-0.3, -0.25) is 4.79 Å². The van der Waals surface area contributed by atoms with Gasteiger partial charge in [0.2, 0.25) is 11.1 Å². The molecule has 0 saturated heterocycles. The third kappa shape index (κ3) is 4.68. The number of benzene rings is 2. The van der Waals surface area contributed by atoms with Crippen LogP contribution in [0, 0.1) is 11.6 Å². The van der Waals surface area contributed by atoms with Gasteiger partial charge in [0, 0.05) is 11.8 Å². The molecule has 0 aliphatic rings. The van der Waals surface area contributed by atoms with Crippen LogP contribution < -0.4 is 5.32 Å². The number of tetrazole rings is 1. The minimum atomic E-state index is -1.02. The van der Waals surface area contributed by atoms with Gasteiger partial charge in [0.25, 0.3) is 0 Å². The molecule has 0 radical (unpaired) electrons. The van der Waals surface area contributed by atoms with Gasteiger partial charge in [-0.05, 0) is 46.2 Å². The number of aromatic nitrogens is 4. The van der Waals surface area contributed by atoms with E-state index < -0.39 is 11.6 Å². The molecule has 1 N–H and O–H groups in total. The first-order valence-corrected chi connectivity index (χ1v) is 9.19. The van der Waals surface area contributed by atoms with E-state index in [0.29, 0.717) is 11.1 Å². The maximum atomic E-state index is 13.2. The number of rotatable bonds is 6. The topological polar surface area (TPSA) is 72.7 Å². The zero-order valence-corrected chi connectivity index (χ0v) is 15.5. The van der Waals surface area contributed by atoms with Crippen molar-refractivity contribution in [3.05, 3.63) is 59.7 Å². The van der Waals surface area contributed by atoms with Gasteiger partial charge in [-0.15, -0.1) is 5.10 Å². The minimum absolute atomic E-state index is 0.0173. The number of carbonyl (C=O) groups excluding carboxylic acids is 1. The lowest BCUT2D eigenvalue weighted by atomic mass is 10.0. The van der Waals surface area contributed by atoms with E-state index in [-0.39, 0.29) is 17.3 Å². The number of hydrogen-bond acceptors (Lipinski definition) is 5. The van der Waals surface area contributed by atoms with E-state index in [0.717, 1.165) is 29.6 Å². The molecule has 0 aliphatic carbocycles. The van der Waals surface area contributed by atoms with E-state index in [2.05, 4.69) is 34.7 Å². The van der Waals surface area contributed by atoms with Crippen LogP contribution in [-0.2, 0) is 4.79 Å². The first-order valence-electron chi connectivity index (χ1n) is 8.20. The largest absolute Gasteiger partial charge is 0.325 e. The number of halogens is 2. The van der Waals surface area contributed by atoms with Crippen LogP contribution in [0.15, 0.2) is 47.6 Å². The van der Waals surface area contributed by atoms with Gasteiger partial charge in [-0.1, -0.05) is 37.7 Å². The molecule has 1 amide bonds. The Morgan fingerprint density at radius 2 is 1.89 bits per heavy atom. The van der Waals surface area contributed by atoms with Crippen LogP contribution in [0.25, 0.3) is 5.69 Å². The van der Waals surface area contributed by atoms with Crippen LogP contribution in [0.4, 0.5) is 14.5 Å². The molecule has 3 aromatic rings. The quantitative estimate of drug-likeness (QED) is 0.650. The highest BCUT2D eigenvalue weighted by Gasteiger charge is 2.13. The van der Waals surface area contributed by atoms with Crippen LogP contribution in [0.3, 0.4) is 0 Å². The van der Waals surface area contributed by atoms with Crippen molar-refractivity contribution < 1.29 is 13.6 Å². The third-order valence-electron chi connectivity index (χ3n) is 3.78. The van der Waals surface area contributed by atoms with Gasteiger partial charge in [-0.25, -0.2) is 8.78 Å². The number of carbonyl (C=O) groups is 1. The molecule has 0 aliphatic heterocycles. The zero-order chi connectivity index (χ0) is 19.4. The maximum Gasteiger partial charge on any atom is 0.234 e. The highest BCUT2D eigenvalue weighted by atomic mass is 32.2. The molecule has 2 aromatic carbocycles. The van der Waals surface area contributed by atoms with Crippen LogP contribution >= 0.6 is 11.8 Å². The van der Waals surface area contributed by atoms with Crippen molar-refractivity contribution in [3.63, 3.8) is 0 Å². The number of thioether (sulfide) groups is 1. The Morgan fingerprint density at radius 1 is 1.15 bits per heavy atom. The lowest BCUT2D eigenvalue weighted by Gasteiger charge is -2.08. The van der Waals surface area contributed by atoms with Gasteiger partial charge in [0.05, 0.1) is 11.4 Å². The lowest BCUT2D eigenvalue weighted by molar-refractivity contribution is -0.113. The molecular weight excluding hydrogens is 372 g/mol. The van der Waals surface area contributed by atoms with Gasteiger partial charge in [0.1, 0.15) is 0 Å². The average molecular weight is 389 g/mol. The summed E-state index contributed by atoms with van der Waals surface area (Å²) in [6.45, 7) is 4.22. The third-order valence-corrected chi connectivity index (χ3v) is 4.70. The monoisotopic (exact) mass is 389 g/mol. The van der Waals surface area contributed by atoms with Crippen molar-refractivity contribution in [1.82, 2.24) is 20.2 Å². The predicted octanol–water partition coefficient (Wildman–Crippen LogP) is 3.79. The van der Waals surface area contributed by atoms with Crippen molar-refractivity contribution in [1.29, 1.82) is 0 Å². The Bertz CT molecular complexity index is 943. The fraction of sp³-hybridized carbons (Fsp3) is 0.222. The van der Waals surface area contributed by atoms with Gasteiger partial charge >= 0.3 is 0 Å². The summed E-state index contributed by atoms with van der Waals surface area (Å²) in [5.74, 6) is -1.93. The summed E-state index contributed by atoms with van der Waals surface area (Å²) in [4.78, 5) is 12.0. The van der Waals surface area contributed by atoms with Crippen molar-refractivity contribution in [2.24, 2.45) is 0 Å². The Morgan fingerprint density at radius 3 is 2.56 bits per heavy atom. The van der Waals surface area contributed by atoms with Gasteiger partial charge < -0.3 is 5.32 Å². The van der Waals surface area contributed by atoms with Crippen molar-refractivity contribution in [2.45, 2.75) is 24.9 Å². The summed E-state index contributed by atoms with van der Waals surface area (Å²) in [7, 11) is 0. The summed E-state index contributed by atoms with van der Waals surface area (Å²) in [6, 6.07) is 11.0. The molecule has 6 nitrogen and oxygen atoms in total. The van der Waals surface area contributed by atoms with Crippen LogP contribution in [0.1, 0.15) is 25.3 Å². The summed E-state index contributed by atoms with van der Waals surface area (Å²) in [6.07, 6.45) is 0. The highest BCUT2D eigenvalue weighted by molar-refractivity contribution is 7.99. The van der Waals surface area contributed by atoms with Crippen LogP contribution in [0.2, 0.25) is 0 Å². The second-order valence-corrected chi connectivity index (χ2v) is 7.03. The Hall–Kier alpha value is -2.81. The summed E-state index contributed by atoms with van der Waals surface area (Å²) >= 11 is 1.14. The van der Waals surface area contributed by atoms with Crippen LogP contribution in [0.5, 0.6) is 0 Å². The molecule has 0 bridgehead atoms. The predicted molar refractivity (Wildman–Crippen MR) is 99.0 cm³/mol. The van der Waals surface area contributed by atoms with E-state index in [1.54, 1.807) is 4.68 Å². The number of amides is 1. The molecule has 1 aromatic heterocycles. The molecule has 140 valence electrons. The van der Waals surface area contributed by atoms with E-state index >= 15 is 0 Å². The smallest absolute Gasteiger partial charge is 0.234 e. The SMILES string of the molecule is CC(C)c1ccc(-n2nnnc2SCC(=O)Nc2ccc(F)c(F)c2)cc1. The number of anilines is 1. The zero-order valence-electron chi connectivity index (χ0n) is 14.7. The molecule has 0 fully saturated rings. The van der Waals surface area contributed by atoms with E-state index in [1.165, 1.54) is 11.6 Å². The minimum Gasteiger partial charge on any atom is -0.325 e. The Kier molecular flexibility index (Phi) is 5.80. The summed E-state index contributed by atoms with van der Waals surface area (Å²) in [5.41, 5.74) is 2.17. The van der Waals surface area contributed by atoms with Crippen LogP contribution in [-0.4, -0.2) is 31.9 Å². The lowest BCUT2D eigenvalue weighted by Crippen LogP contribution is -2.15. The molecule has 0 unspecified atom stereocenters. The molecule has 0 spiro atoms. The fourth-order valence-electron chi connectivity index (χ4n) is 2.33. The van der Waals surface area contributed by atoms with Gasteiger partial charge in [-0.2, -0.15) is 4.68 Å². The molecule has 0 atom stereocenters.